The van der Waals surface area contributed by atoms with Crippen LogP contribution in [0.15, 0.2) is 72.8 Å². The molecule has 2 fully saturated rings. The Balaban J connectivity index is 0.000000268. The summed E-state index contributed by atoms with van der Waals surface area (Å²) >= 11 is 12.2. The van der Waals surface area contributed by atoms with E-state index in [1.54, 1.807) is 0 Å². The third kappa shape index (κ3) is 16.9. The van der Waals surface area contributed by atoms with Gasteiger partial charge in [0.25, 0.3) is 0 Å². The van der Waals surface area contributed by atoms with Crippen molar-refractivity contribution < 1.29 is 24.2 Å². The van der Waals surface area contributed by atoms with Gasteiger partial charge in [-0.2, -0.15) is 0 Å². The average molecular weight is 1030 g/mol. The van der Waals surface area contributed by atoms with E-state index in [4.69, 9.17) is 32.7 Å². The number of ether oxygens (including phenoxy) is 2. The van der Waals surface area contributed by atoms with E-state index in [0.717, 1.165) is 92.9 Å². The summed E-state index contributed by atoms with van der Waals surface area (Å²) in [6, 6.07) is 25.1. The fourth-order valence-electron chi connectivity index (χ4n) is 10.1. The highest BCUT2D eigenvalue weighted by atomic mass is 35.5. The van der Waals surface area contributed by atoms with Crippen LogP contribution < -0.4 is 9.80 Å². The maximum absolute atomic E-state index is 13.3. The lowest BCUT2D eigenvalue weighted by Crippen LogP contribution is -2.50. The Hall–Kier alpha value is -4.16. The maximum Gasteiger partial charge on any atom is 0.225 e. The topological polar surface area (TPSA) is 89.0 Å². The molecule has 0 saturated carbocycles. The minimum atomic E-state index is -0.0680. The highest BCUT2D eigenvalue weighted by molar-refractivity contribution is 6.31. The van der Waals surface area contributed by atoms with Gasteiger partial charge in [0.15, 0.2) is 0 Å². The number of halogens is 2. The van der Waals surface area contributed by atoms with Crippen molar-refractivity contribution in [2.75, 3.05) is 103 Å². The number of anilines is 2. The molecule has 72 heavy (non-hydrogen) atoms. The minimum absolute atomic E-state index is 0.0289. The molecule has 2 heterocycles. The van der Waals surface area contributed by atoms with Gasteiger partial charge < -0.3 is 39.1 Å². The zero-order chi connectivity index (χ0) is 52.6. The van der Waals surface area contributed by atoms with Crippen molar-refractivity contribution in [3.8, 4) is 0 Å². The Bertz CT molecular complexity index is 2340. The zero-order valence-corrected chi connectivity index (χ0v) is 47.3. The number of carbonyl (C=O) groups is 2. The van der Waals surface area contributed by atoms with Gasteiger partial charge in [-0.15, -0.1) is 0 Å². The number of hydrogen-bond donors (Lipinski definition) is 1. The second-order valence-electron chi connectivity index (χ2n) is 21.4. The van der Waals surface area contributed by atoms with Crippen LogP contribution in [0.1, 0.15) is 111 Å². The fourth-order valence-corrected chi connectivity index (χ4v) is 10.6. The second-order valence-corrected chi connectivity index (χ2v) is 22.3. The molecule has 2 aliphatic heterocycles. The highest BCUT2D eigenvalue weighted by Gasteiger charge is 2.31. The molecule has 2 aliphatic rings. The summed E-state index contributed by atoms with van der Waals surface area (Å²) in [5.41, 5.74) is 12.0. The summed E-state index contributed by atoms with van der Waals surface area (Å²) in [6.07, 6.45) is 3.15. The highest BCUT2D eigenvalue weighted by Crippen LogP contribution is 2.37. The monoisotopic (exact) mass is 1030 g/mol. The Kier molecular flexibility index (Phi) is 23.2. The number of piperazine rings is 2. The van der Waals surface area contributed by atoms with E-state index in [0.29, 0.717) is 38.0 Å². The lowest BCUT2D eigenvalue weighted by atomic mass is 9.94. The Labute approximate surface area is 443 Å². The quantitative estimate of drug-likeness (QED) is 0.0826. The van der Waals surface area contributed by atoms with E-state index in [-0.39, 0.29) is 42.5 Å². The van der Waals surface area contributed by atoms with E-state index in [1.807, 2.05) is 67.0 Å². The molecule has 0 aliphatic carbocycles. The molecule has 12 heteroatoms. The lowest BCUT2D eigenvalue weighted by Gasteiger charge is -2.39. The SMILES string of the molecule is Cc1ccc(N2CCN(C(=O)[C@H](C)Cc3ccc(Cl)cc3C)CC2)c(C(OCCCN(C)C)C(C)C)c1.Cc1ccc(N2CCN(C(=O)[C@H](C)Cc3ccc(Cl)cc3C)CC2)c(C(OCCCO)C(C)C)c1. The minimum Gasteiger partial charge on any atom is -0.396 e. The molecule has 2 saturated heterocycles. The van der Waals surface area contributed by atoms with Gasteiger partial charge in [-0.1, -0.05) is 112 Å². The van der Waals surface area contributed by atoms with Crippen LogP contribution in [0.25, 0.3) is 0 Å². The van der Waals surface area contributed by atoms with Crippen molar-refractivity contribution in [2.45, 2.75) is 107 Å². The number of aliphatic hydroxyl groups excluding tert-OH is 1. The van der Waals surface area contributed by atoms with Crippen LogP contribution in [0, 0.1) is 51.4 Å². The van der Waals surface area contributed by atoms with Gasteiger partial charge in [-0.25, -0.2) is 0 Å². The van der Waals surface area contributed by atoms with Crippen molar-refractivity contribution >= 4 is 46.4 Å². The largest absolute Gasteiger partial charge is 0.396 e. The van der Waals surface area contributed by atoms with Crippen molar-refractivity contribution in [1.29, 1.82) is 0 Å². The van der Waals surface area contributed by atoms with Crippen molar-refractivity contribution in [1.82, 2.24) is 14.7 Å². The second kappa shape index (κ2) is 28.5. The predicted molar refractivity (Wildman–Crippen MR) is 300 cm³/mol. The molecule has 4 aromatic carbocycles. The summed E-state index contributed by atoms with van der Waals surface area (Å²) < 4.78 is 12.7. The summed E-state index contributed by atoms with van der Waals surface area (Å²) in [7, 11) is 4.20. The fraction of sp³-hybridized carbons (Fsp3) is 0.567. The van der Waals surface area contributed by atoms with Crippen molar-refractivity contribution in [3.05, 3.63) is 127 Å². The third-order valence-corrected chi connectivity index (χ3v) is 14.7. The number of aliphatic hydroxyl groups is 1. The summed E-state index contributed by atoms with van der Waals surface area (Å²) in [5.74, 6) is 1.02. The van der Waals surface area contributed by atoms with Crippen LogP contribution in [0.2, 0.25) is 10.0 Å². The van der Waals surface area contributed by atoms with E-state index in [9.17, 15) is 14.7 Å². The number of rotatable bonds is 21. The first kappa shape index (κ1) is 58.7. The molecule has 4 atom stereocenters. The van der Waals surface area contributed by atoms with Crippen LogP contribution in [0.4, 0.5) is 11.4 Å². The first-order chi connectivity index (χ1) is 34.3. The Morgan fingerprint density at radius 1 is 0.569 bits per heavy atom. The van der Waals surface area contributed by atoms with Gasteiger partial charge >= 0.3 is 0 Å². The van der Waals surface area contributed by atoms with Crippen molar-refractivity contribution in [3.63, 3.8) is 0 Å². The first-order valence-electron chi connectivity index (χ1n) is 26.5. The summed E-state index contributed by atoms with van der Waals surface area (Å²) in [5, 5.41) is 10.7. The molecule has 0 aromatic heterocycles. The van der Waals surface area contributed by atoms with E-state index < -0.39 is 0 Å². The van der Waals surface area contributed by atoms with Gasteiger partial charge in [-0.05, 0) is 145 Å². The Morgan fingerprint density at radius 2 is 0.958 bits per heavy atom. The number of aryl methyl sites for hydroxylation is 4. The number of benzene rings is 4. The normalized spacial score (nSPS) is 16.0. The van der Waals surface area contributed by atoms with Crippen molar-refractivity contribution in [2.24, 2.45) is 23.7 Å². The van der Waals surface area contributed by atoms with Crippen LogP contribution in [0.3, 0.4) is 0 Å². The molecular formula is C60H87Cl2N5O5. The average Bonchev–Trinajstić information content (AvgIpc) is 3.34. The van der Waals surface area contributed by atoms with Gasteiger partial charge in [-0.3, -0.25) is 9.59 Å². The van der Waals surface area contributed by atoms with Gasteiger partial charge in [0.1, 0.15) is 0 Å². The van der Waals surface area contributed by atoms with Gasteiger partial charge in [0.2, 0.25) is 11.8 Å². The number of nitrogens with zero attached hydrogens (tertiary/aromatic N) is 5. The first-order valence-corrected chi connectivity index (χ1v) is 27.3. The Morgan fingerprint density at radius 3 is 1.31 bits per heavy atom. The third-order valence-electron chi connectivity index (χ3n) is 14.2. The molecule has 4 aromatic rings. The number of hydrogen-bond acceptors (Lipinski definition) is 8. The molecular weight excluding hydrogens is 942 g/mol. The molecule has 2 unspecified atom stereocenters. The van der Waals surface area contributed by atoms with Gasteiger partial charge in [0, 0.05) is 117 Å². The standard InChI is InChI=1S/C31H46ClN3O2.C29H41ClN2O3/c1-22(2)30(37-18-8-13-33(6)7)28-19-23(3)9-12-29(28)34-14-16-35(17-15-34)31(36)25(5)20-26-10-11-27(32)21-24(26)4;1-20(2)28(35-16-6-15-33)26-17-21(3)7-10-27(26)31-11-13-32(14-12-31)29(34)23(5)18-24-8-9-25(30)19-22(24)4/h9-12,19,21-22,25,30H,8,13-18,20H2,1-7H3;7-10,17,19-20,23,28,33H,6,11-16,18H2,1-5H3/t25-,30?;23-,28?/m11/s1. The van der Waals surface area contributed by atoms with Crippen LogP contribution in [0.5, 0.6) is 0 Å². The van der Waals surface area contributed by atoms with E-state index in [2.05, 4.69) is 114 Å². The summed E-state index contributed by atoms with van der Waals surface area (Å²) in [6.45, 7) is 29.9. The molecule has 1 N–H and O–H groups in total. The van der Waals surface area contributed by atoms with Crippen LogP contribution >= 0.6 is 23.2 Å². The smallest absolute Gasteiger partial charge is 0.225 e. The molecule has 0 radical (unpaired) electrons. The van der Waals surface area contributed by atoms with Crippen LogP contribution in [-0.4, -0.2) is 124 Å². The van der Waals surface area contributed by atoms with Gasteiger partial charge in [0.05, 0.1) is 12.2 Å². The molecule has 396 valence electrons. The summed E-state index contributed by atoms with van der Waals surface area (Å²) in [4.78, 5) is 37.6. The molecule has 0 spiro atoms. The van der Waals surface area contributed by atoms with E-state index >= 15 is 0 Å². The molecule has 6 rings (SSSR count). The maximum atomic E-state index is 13.3. The molecule has 2 amide bonds. The molecule has 0 bridgehead atoms. The van der Waals surface area contributed by atoms with E-state index in [1.165, 1.54) is 44.8 Å². The lowest BCUT2D eigenvalue weighted by molar-refractivity contribution is -0.136. The van der Waals surface area contributed by atoms with Crippen LogP contribution in [-0.2, 0) is 31.9 Å². The number of carbonyl (C=O) groups excluding carboxylic acids is 2. The predicted octanol–water partition coefficient (Wildman–Crippen LogP) is 11.7. The molecule has 10 nitrogen and oxygen atoms in total. The number of amides is 2. The zero-order valence-electron chi connectivity index (χ0n) is 45.8.